The van der Waals surface area contributed by atoms with Gasteiger partial charge in [-0.3, -0.25) is 4.98 Å². The molecule has 4 heteroatoms. The number of pyridine rings is 2. The van der Waals surface area contributed by atoms with E-state index in [1.807, 2.05) is 54.6 Å². The van der Waals surface area contributed by atoms with Crippen LogP contribution in [-0.2, 0) is 0 Å². The zero-order valence-electron chi connectivity index (χ0n) is 20.3. The summed E-state index contributed by atoms with van der Waals surface area (Å²) in [7, 11) is 0. The molecule has 0 aliphatic carbocycles. The largest absolute Gasteiger partial charge is 0.452 e. The lowest BCUT2D eigenvalue weighted by molar-refractivity contribution is 0.633. The molecular formula is C34H20N2O2. The molecule has 0 fully saturated rings. The number of furan rings is 2. The molecule has 4 nitrogen and oxygen atoms in total. The fraction of sp³-hybridized carbons (Fsp3) is 0. The Balaban J connectivity index is 1.28. The van der Waals surface area contributed by atoms with Crippen LogP contribution in [0.4, 0.5) is 0 Å². The van der Waals surface area contributed by atoms with Gasteiger partial charge < -0.3 is 8.83 Å². The highest BCUT2D eigenvalue weighted by Gasteiger charge is 2.17. The van der Waals surface area contributed by atoms with Crippen LogP contribution in [0.1, 0.15) is 0 Å². The van der Waals surface area contributed by atoms with Crippen molar-refractivity contribution < 1.29 is 8.83 Å². The molecule has 8 aromatic rings. The van der Waals surface area contributed by atoms with Gasteiger partial charge in [0, 0.05) is 33.3 Å². The second-order valence-electron chi connectivity index (χ2n) is 9.43. The zero-order valence-corrected chi connectivity index (χ0v) is 20.3. The highest BCUT2D eigenvalue weighted by atomic mass is 16.4. The summed E-state index contributed by atoms with van der Waals surface area (Å²) >= 11 is 0. The third-order valence-electron chi connectivity index (χ3n) is 7.15. The summed E-state index contributed by atoms with van der Waals surface area (Å²) in [5, 5.41) is 4.20. The maximum absolute atomic E-state index is 6.37. The van der Waals surface area contributed by atoms with Gasteiger partial charge in [0.2, 0.25) is 0 Å². The molecule has 4 aromatic heterocycles. The van der Waals surface area contributed by atoms with E-state index in [1.165, 1.54) is 5.56 Å². The predicted octanol–water partition coefficient (Wildman–Crippen LogP) is 9.28. The molecule has 0 unspecified atom stereocenters. The number of aromatic nitrogens is 2. The van der Waals surface area contributed by atoms with Gasteiger partial charge in [0.05, 0.1) is 17.1 Å². The molecule has 0 saturated carbocycles. The molecule has 0 bridgehead atoms. The van der Waals surface area contributed by atoms with Gasteiger partial charge in [0.25, 0.3) is 0 Å². The summed E-state index contributed by atoms with van der Waals surface area (Å²) < 4.78 is 12.7. The summed E-state index contributed by atoms with van der Waals surface area (Å²) in [6, 6.07) is 39.1. The average Bonchev–Trinajstić information content (AvgIpc) is 3.56. The lowest BCUT2D eigenvalue weighted by Gasteiger charge is -2.04. The van der Waals surface area contributed by atoms with Crippen LogP contribution in [0.15, 0.2) is 130 Å². The van der Waals surface area contributed by atoms with Gasteiger partial charge in [-0.25, -0.2) is 4.98 Å². The van der Waals surface area contributed by atoms with Crippen molar-refractivity contribution in [3.8, 4) is 33.8 Å². The minimum Gasteiger partial charge on any atom is -0.452 e. The van der Waals surface area contributed by atoms with Crippen LogP contribution in [0, 0.1) is 0 Å². The first-order valence-corrected chi connectivity index (χ1v) is 12.6. The van der Waals surface area contributed by atoms with Gasteiger partial charge >= 0.3 is 0 Å². The summed E-state index contributed by atoms with van der Waals surface area (Å²) in [4.78, 5) is 9.33. The average molecular weight is 489 g/mol. The van der Waals surface area contributed by atoms with Crippen molar-refractivity contribution in [1.29, 1.82) is 0 Å². The topological polar surface area (TPSA) is 52.1 Å². The maximum Gasteiger partial charge on any atom is 0.178 e. The van der Waals surface area contributed by atoms with Crippen molar-refractivity contribution in [3.05, 3.63) is 121 Å². The van der Waals surface area contributed by atoms with E-state index in [0.717, 1.165) is 72.1 Å². The Morgan fingerprint density at radius 3 is 1.76 bits per heavy atom. The Bertz CT molecular complexity index is 2120. The molecule has 0 spiro atoms. The van der Waals surface area contributed by atoms with Crippen LogP contribution >= 0.6 is 0 Å². The molecule has 0 amide bonds. The van der Waals surface area contributed by atoms with E-state index in [-0.39, 0.29) is 0 Å². The Labute approximate surface area is 217 Å². The van der Waals surface area contributed by atoms with Crippen LogP contribution in [-0.4, -0.2) is 9.97 Å². The third kappa shape index (κ3) is 3.24. The Morgan fingerprint density at radius 2 is 1.05 bits per heavy atom. The van der Waals surface area contributed by atoms with E-state index in [0.29, 0.717) is 0 Å². The van der Waals surface area contributed by atoms with E-state index >= 15 is 0 Å². The molecule has 0 atom stereocenters. The van der Waals surface area contributed by atoms with Crippen molar-refractivity contribution in [3.63, 3.8) is 0 Å². The van der Waals surface area contributed by atoms with Gasteiger partial charge in [0.15, 0.2) is 11.2 Å². The van der Waals surface area contributed by atoms with E-state index < -0.39 is 0 Å². The number of hydrogen-bond donors (Lipinski definition) is 0. The lowest BCUT2D eigenvalue weighted by atomic mass is 10.0. The number of fused-ring (bicyclic) bond motifs is 7. The second kappa shape index (κ2) is 8.15. The fourth-order valence-corrected chi connectivity index (χ4v) is 5.29. The molecule has 4 aromatic carbocycles. The Morgan fingerprint density at radius 1 is 0.421 bits per heavy atom. The summed E-state index contributed by atoms with van der Waals surface area (Å²) in [6.07, 6.45) is 1.79. The first-order chi connectivity index (χ1) is 18.8. The first-order valence-electron chi connectivity index (χ1n) is 12.6. The van der Waals surface area contributed by atoms with Crippen LogP contribution < -0.4 is 0 Å². The van der Waals surface area contributed by atoms with E-state index in [4.69, 9.17) is 13.8 Å². The molecule has 178 valence electrons. The fourth-order valence-electron chi connectivity index (χ4n) is 5.29. The van der Waals surface area contributed by atoms with Crippen molar-refractivity contribution in [2.75, 3.05) is 0 Å². The SMILES string of the molecule is c1ccc(-c2ccc3oc4c(ccc5c6cc(-c7cccc(-c8ccccn8)n7)ccc6oc54)c3c2)cc1. The van der Waals surface area contributed by atoms with Crippen LogP contribution in [0.3, 0.4) is 0 Å². The minimum absolute atomic E-state index is 0.766. The molecule has 0 radical (unpaired) electrons. The first kappa shape index (κ1) is 20.9. The molecule has 8 rings (SSSR count). The van der Waals surface area contributed by atoms with Crippen LogP contribution in [0.25, 0.3) is 77.6 Å². The van der Waals surface area contributed by atoms with E-state index in [9.17, 15) is 0 Å². The third-order valence-corrected chi connectivity index (χ3v) is 7.15. The number of hydrogen-bond acceptors (Lipinski definition) is 4. The van der Waals surface area contributed by atoms with Gasteiger partial charge in [-0.05, 0) is 77.9 Å². The molecule has 0 saturated heterocycles. The summed E-state index contributed by atoms with van der Waals surface area (Å²) in [6.45, 7) is 0. The standard InChI is InChI=1S/C34H20N2O2/c1-2-7-21(8-3-1)22-12-16-31-26(19-22)24-14-15-25-27-20-23(13-17-32(27)38-34(25)33(24)37-31)28-10-6-11-30(36-28)29-9-4-5-18-35-29/h1-20H. The summed E-state index contributed by atoms with van der Waals surface area (Å²) in [5.74, 6) is 0. The van der Waals surface area contributed by atoms with Crippen LogP contribution in [0.2, 0.25) is 0 Å². The number of rotatable bonds is 3. The highest BCUT2D eigenvalue weighted by Crippen LogP contribution is 2.40. The second-order valence-corrected chi connectivity index (χ2v) is 9.43. The van der Waals surface area contributed by atoms with Gasteiger partial charge in [-0.1, -0.05) is 48.5 Å². The highest BCUT2D eigenvalue weighted by molar-refractivity contribution is 6.19. The normalized spacial score (nSPS) is 11.7. The van der Waals surface area contributed by atoms with E-state index in [1.54, 1.807) is 6.20 Å². The van der Waals surface area contributed by atoms with Crippen LogP contribution in [0.5, 0.6) is 0 Å². The number of nitrogens with zero attached hydrogens (tertiary/aromatic N) is 2. The molecule has 0 aliphatic rings. The number of benzene rings is 4. The Kier molecular flexibility index (Phi) is 4.49. The molecule has 38 heavy (non-hydrogen) atoms. The molecule has 4 heterocycles. The smallest absolute Gasteiger partial charge is 0.178 e. The van der Waals surface area contributed by atoms with Gasteiger partial charge in [-0.2, -0.15) is 0 Å². The monoisotopic (exact) mass is 488 g/mol. The molecule has 0 aliphatic heterocycles. The molecule has 0 N–H and O–H groups in total. The summed E-state index contributed by atoms with van der Waals surface area (Å²) in [5.41, 5.74) is 9.17. The van der Waals surface area contributed by atoms with Gasteiger partial charge in [0.1, 0.15) is 11.2 Å². The van der Waals surface area contributed by atoms with E-state index in [2.05, 4.69) is 65.6 Å². The lowest BCUT2D eigenvalue weighted by Crippen LogP contribution is -1.89. The quantitative estimate of drug-likeness (QED) is 0.249. The van der Waals surface area contributed by atoms with Crippen molar-refractivity contribution in [2.24, 2.45) is 0 Å². The Hall–Kier alpha value is -5.22. The maximum atomic E-state index is 6.37. The van der Waals surface area contributed by atoms with Gasteiger partial charge in [-0.15, -0.1) is 0 Å². The predicted molar refractivity (Wildman–Crippen MR) is 153 cm³/mol. The zero-order chi connectivity index (χ0) is 25.1. The van der Waals surface area contributed by atoms with Crippen molar-refractivity contribution in [1.82, 2.24) is 9.97 Å². The minimum atomic E-state index is 0.766. The molecular weight excluding hydrogens is 468 g/mol. The van der Waals surface area contributed by atoms with Crippen molar-refractivity contribution in [2.45, 2.75) is 0 Å². The van der Waals surface area contributed by atoms with Crippen molar-refractivity contribution >= 4 is 43.9 Å².